The van der Waals surface area contributed by atoms with Crippen LogP contribution in [0.5, 0.6) is 0 Å². The Morgan fingerprint density at radius 1 is 1.11 bits per heavy atom. The standard InChI is InChI=1S/C10H17NO8/c12-3-4-8(16)9(17)7(10(18)19-4)11-5(13)1-2-6(14)15/h4,7-10,12,16-18H,1-3H2,(H,11,13)(H,14,15)/t4-,7-,8-,9-,10?/m1/s1. The predicted molar refractivity (Wildman–Crippen MR) is 58.8 cm³/mol. The number of ether oxygens (including phenoxy) is 1. The predicted octanol–water partition coefficient (Wildman–Crippen LogP) is -3.23. The summed E-state index contributed by atoms with van der Waals surface area (Å²) < 4.78 is 4.82. The number of hydrogen-bond donors (Lipinski definition) is 6. The maximum Gasteiger partial charge on any atom is 0.303 e. The second kappa shape index (κ2) is 6.78. The molecule has 0 saturated carbocycles. The number of aliphatic hydroxyl groups excluding tert-OH is 4. The lowest BCUT2D eigenvalue weighted by atomic mass is 9.97. The van der Waals surface area contributed by atoms with E-state index in [1.807, 2.05) is 0 Å². The van der Waals surface area contributed by atoms with E-state index in [4.69, 9.17) is 14.9 Å². The summed E-state index contributed by atoms with van der Waals surface area (Å²) >= 11 is 0. The largest absolute Gasteiger partial charge is 0.481 e. The topological polar surface area (TPSA) is 157 Å². The Kier molecular flexibility index (Phi) is 5.63. The first-order valence-electron chi connectivity index (χ1n) is 5.68. The molecule has 5 atom stereocenters. The Morgan fingerprint density at radius 3 is 2.26 bits per heavy atom. The second-order valence-corrected chi connectivity index (χ2v) is 4.22. The van der Waals surface area contributed by atoms with Crippen LogP contribution in [-0.2, 0) is 14.3 Å². The minimum absolute atomic E-state index is 0.329. The third-order valence-corrected chi connectivity index (χ3v) is 2.79. The molecule has 1 unspecified atom stereocenters. The molecule has 0 aliphatic carbocycles. The van der Waals surface area contributed by atoms with Crippen molar-refractivity contribution in [1.82, 2.24) is 5.32 Å². The number of amides is 1. The molecule has 6 N–H and O–H groups in total. The van der Waals surface area contributed by atoms with Gasteiger partial charge < -0.3 is 35.6 Å². The first-order chi connectivity index (χ1) is 8.86. The van der Waals surface area contributed by atoms with Gasteiger partial charge in [-0.3, -0.25) is 9.59 Å². The quantitative estimate of drug-likeness (QED) is 0.306. The van der Waals surface area contributed by atoms with Crippen molar-refractivity contribution in [3.63, 3.8) is 0 Å². The maximum atomic E-state index is 11.4. The van der Waals surface area contributed by atoms with Gasteiger partial charge in [0.1, 0.15) is 24.4 Å². The number of carboxylic acid groups (broad SMARTS) is 1. The Bertz CT molecular complexity index is 335. The summed E-state index contributed by atoms with van der Waals surface area (Å²) in [6, 6.07) is -1.29. The highest BCUT2D eigenvalue weighted by Crippen LogP contribution is 2.19. The van der Waals surface area contributed by atoms with E-state index < -0.39 is 55.5 Å². The molecule has 9 nitrogen and oxygen atoms in total. The van der Waals surface area contributed by atoms with E-state index in [-0.39, 0.29) is 6.42 Å². The molecule has 1 rings (SSSR count). The molecule has 0 radical (unpaired) electrons. The normalized spacial score (nSPS) is 34.8. The highest BCUT2D eigenvalue weighted by molar-refractivity contribution is 5.80. The molecule has 110 valence electrons. The van der Waals surface area contributed by atoms with Crippen LogP contribution in [0.3, 0.4) is 0 Å². The summed E-state index contributed by atoms with van der Waals surface area (Å²) in [7, 11) is 0. The average molecular weight is 279 g/mol. The van der Waals surface area contributed by atoms with Gasteiger partial charge in [-0.25, -0.2) is 0 Å². The summed E-state index contributed by atoms with van der Waals surface area (Å²) in [5.74, 6) is -1.86. The minimum atomic E-state index is -1.61. The van der Waals surface area contributed by atoms with Crippen molar-refractivity contribution in [2.24, 2.45) is 0 Å². The van der Waals surface area contributed by atoms with Crippen molar-refractivity contribution >= 4 is 11.9 Å². The van der Waals surface area contributed by atoms with Crippen molar-refractivity contribution in [2.75, 3.05) is 6.61 Å². The summed E-state index contributed by atoms with van der Waals surface area (Å²) in [6.07, 6.45) is -6.49. The van der Waals surface area contributed by atoms with E-state index in [0.717, 1.165) is 0 Å². The van der Waals surface area contributed by atoms with Gasteiger partial charge in [0.05, 0.1) is 13.0 Å². The third kappa shape index (κ3) is 4.11. The van der Waals surface area contributed by atoms with Gasteiger partial charge in [-0.2, -0.15) is 0 Å². The number of aliphatic carboxylic acids is 1. The number of carbonyl (C=O) groups is 2. The zero-order chi connectivity index (χ0) is 14.6. The fourth-order valence-electron chi connectivity index (χ4n) is 1.73. The first kappa shape index (κ1) is 15.8. The number of carboxylic acids is 1. The van der Waals surface area contributed by atoms with Crippen LogP contribution in [0.15, 0.2) is 0 Å². The zero-order valence-corrected chi connectivity index (χ0v) is 9.97. The number of nitrogens with one attached hydrogen (secondary N) is 1. The first-order valence-corrected chi connectivity index (χ1v) is 5.68. The van der Waals surface area contributed by atoms with Gasteiger partial charge in [0.15, 0.2) is 6.29 Å². The van der Waals surface area contributed by atoms with Crippen molar-refractivity contribution in [3.05, 3.63) is 0 Å². The molecule has 0 aromatic heterocycles. The Morgan fingerprint density at radius 2 is 1.74 bits per heavy atom. The molecule has 0 aromatic rings. The van der Waals surface area contributed by atoms with Crippen LogP contribution in [0.1, 0.15) is 12.8 Å². The summed E-state index contributed by atoms with van der Waals surface area (Å²) in [4.78, 5) is 21.7. The van der Waals surface area contributed by atoms with E-state index in [1.54, 1.807) is 0 Å². The summed E-state index contributed by atoms with van der Waals surface area (Å²) in [6.45, 7) is -0.602. The van der Waals surface area contributed by atoms with Gasteiger partial charge in [-0.1, -0.05) is 0 Å². The van der Waals surface area contributed by atoms with Gasteiger partial charge in [0.2, 0.25) is 5.91 Å². The number of hydrogen-bond acceptors (Lipinski definition) is 7. The van der Waals surface area contributed by atoms with Gasteiger partial charge >= 0.3 is 5.97 Å². The third-order valence-electron chi connectivity index (χ3n) is 2.79. The average Bonchev–Trinajstić information content (AvgIpc) is 2.36. The molecular weight excluding hydrogens is 262 g/mol. The van der Waals surface area contributed by atoms with Crippen molar-refractivity contribution < 1.29 is 39.9 Å². The molecule has 1 aliphatic rings. The van der Waals surface area contributed by atoms with Gasteiger partial charge in [0, 0.05) is 6.42 Å². The van der Waals surface area contributed by atoms with Gasteiger partial charge in [0.25, 0.3) is 0 Å². The Balaban J connectivity index is 2.57. The smallest absolute Gasteiger partial charge is 0.303 e. The van der Waals surface area contributed by atoms with Crippen LogP contribution >= 0.6 is 0 Å². The molecule has 19 heavy (non-hydrogen) atoms. The van der Waals surface area contributed by atoms with Crippen molar-refractivity contribution in [3.8, 4) is 0 Å². The lowest BCUT2D eigenvalue weighted by molar-refractivity contribution is -0.253. The Labute approximate surface area is 108 Å². The highest BCUT2D eigenvalue weighted by Gasteiger charge is 2.44. The number of carbonyl (C=O) groups excluding carboxylic acids is 1. The monoisotopic (exact) mass is 279 g/mol. The van der Waals surface area contributed by atoms with Crippen molar-refractivity contribution in [2.45, 2.75) is 43.5 Å². The van der Waals surface area contributed by atoms with E-state index in [9.17, 15) is 24.9 Å². The highest BCUT2D eigenvalue weighted by atomic mass is 16.6. The van der Waals surface area contributed by atoms with Crippen LogP contribution in [0.2, 0.25) is 0 Å². The van der Waals surface area contributed by atoms with Crippen molar-refractivity contribution in [1.29, 1.82) is 0 Å². The molecule has 0 bridgehead atoms. The second-order valence-electron chi connectivity index (χ2n) is 4.22. The number of aliphatic hydroxyl groups is 4. The molecular formula is C10H17NO8. The minimum Gasteiger partial charge on any atom is -0.481 e. The van der Waals surface area contributed by atoms with Crippen LogP contribution in [-0.4, -0.2) is 74.7 Å². The van der Waals surface area contributed by atoms with Gasteiger partial charge in [-0.15, -0.1) is 0 Å². The molecule has 0 aromatic carbocycles. The van der Waals surface area contributed by atoms with Crippen LogP contribution in [0.4, 0.5) is 0 Å². The summed E-state index contributed by atoms with van der Waals surface area (Å²) in [5, 5.41) is 48.3. The maximum absolute atomic E-state index is 11.4. The zero-order valence-electron chi connectivity index (χ0n) is 9.97. The van der Waals surface area contributed by atoms with E-state index in [2.05, 4.69) is 5.32 Å². The SMILES string of the molecule is O=C(O)CCC(=O)N[C@H]1C(O)O[C@H](CO)[C@@H](O)[C@@H]1O. The molecule has 1 amide bonds. The van der Waals surface area contributed by atoms with Gasteiger partial charge in [-0.05, 0) is 0 Å². The van der Waals surface area contributed by atoms with E-state index >= 15 is 0 Å². The molecule has 9 heteroatoms. The molecule has 1 saturated heterocycles. The lowest BCUT2D eigenvalue weighted by Gasteiger charge is -2.40. The Hall–Kier alpha value is -1.26. The molecule has 1 heterocycles. The fraction of sp³-hybridized carbons (Fsp3) is 0.800. The fourth-order valence-corrected chi connectivity index (χ4v) is 1.73. The number of rotatable bonds is 5. The van der Waals surface area contributed by atoms with Crippen LogP contribution < -0.4 is 5.32 Å². The molecule has 1 aliphatic heterocycles. The van der Waals surface area contributed by atoms with Crippen LogP contribution in [0.25, 0.3) is 0 Å². The van der Waals surface area contributed by atoms with E-state index in [1.165, 1.54) is 0 Å². The molecule has 1 fully saturated rings. The van der Waals surface area contributed by atoms with E-state index in [0.29, 0.717) is 0 Å². The molecule has 0 spiro atoms. The summed E-state index contributed by atoms with van der Waals surface area (Å²) in [5.41, 5.74) is 0. The van der Waals surface area contributed by atoms with Crippen LogP contribution in [0, 0.1) is 0 Å². The lowest BCUT2D eigenvalue weighted by Crippen LogP contribution is -2.64.